The van der Waals surface area contributed by atoms with Gasteiger partial charge < -0.3 is 13.7 Å². The largest absolute Gasteiger partial charge is 0.467 e. The van der Waals surface area contributed by atoms with Crippen molar-refractivity contribution < 1.29 is 13.6 Å². The number of rotatable bonds is 3. The average molecular weight is 393 g/mol. The fourth-order valence-electron chi connectivity index (χ4n) is 3.57. The van der Waals surface area contributed by atoms with Crippen molar-refractivity contribution in [2.24, 2.45) is 0 Å². The van der Waals surface area contributed by atoms with Gasteiger partial charge in [0, 0.05) is 11.2 Å². The van der Waals surface area contributed by atoms with Crippen LogP contribution in [0.2, 0.25) is 5.02 Å². The number of carbonyl (C=O) groups is 1. The third-order valence-electron chi connectivity index (χ3n) is 4.80. The third kappa shape index (κ3) is 2.53. The minimum atomic E-state index is -0.673. The predicted octanol–water partition coefficient (Wildman–Crippen LogP) is 4.18. The second-order valence-electron chi connectivity index (χ2n) is 6.48. The van der Waals surface area contributed by atoms with E-state index in [2.05, 4.69) is 4.98 Å². The first-order chi connectivity index (χ1) is 13.6. The third-order valence-corrected chi connectivity index (χ3v) is 5.04. The monoisotopic (exact) mass is 392 g/mol. The van der Waals surface area contributed by atoms with E-state index in [1.165, 1.54) is 4.90 Å². The number of carbonyl (C=O) groups excluding carboxylic acids is 1. The lowest BCUT2D eigenvalue weighted by Gasteiger charge is -2.23. The highest BCUT2D eigenvalue weighted by Crippen LogP contribution is 2.38. The molecule has 0 fully saturated rings. The number of hydrogen-bond acceptors (Lipinski definition) is 5. The number of halogens is 1. The Hall–Kier alpha value is -3.38. The fraction of sp³-hybridized carbons (Fsp3) is 0.0952. The van der Waals surface area contributed by atoms with Crippen LogP contribution in [0.15, 0.2) is 74.6 Å². The maximum atomic E-state index is 13.3. The summed E-state index contributed by atoms with van der Waals surface area (Å²) in [5, 5.41) is 0.755. The molecule has 4 aromatic rings. The van der Waals surface area contributed by atoms with Gasteiger partial charge in [0.2, 0.25) is 5.76 Å². The average Bonchev–Trinajstić information content (AvgIpc) is 3.31. The lowest BCUT2D eigenvalue weighted by atomic mass is 10.0. The van der Waals surface area contributed by atoms with Gasteiger partial charge in [-0.15, -0.1) is 0 Å². The Bertz CT molecular complexity index is 1250. The van der Waals surface area contributed by atoms with Crippen LogP contribution in [0.4, 0.5) is 0 Å². The molecule has 4 heterocycles. The van der Waals surface area contributed by atoms with E-state index in [0.717, 1.165) is 0 Å². The fourth-order valence-corrected chi connectivity index (χ4v) is 3.74. The molecular weight excluding hydrogens is 380 g/mol. The summed E-state index contributed by atoms with van der Waals surface area (Å²) in [4.78, 5) is 32.4. The van der Waals surface area contributed by atoms with E-state index < -0.39 is 6.04 Å². The van der Waals surface area contributed by atoms with E-state index >= 15 is 0 Å². The smallest absolute Gasteiger partial charge is 0.291 e. The highest BCUT2D eigenvalue weighted by molar-refractivity contribution is 6.31. The minimum Gasteiger partial charge on any atom is -0.467 e. The van der Waals surface area contributed by atoms with Crippen molar-refractivity contribution in [2.75, 3.05) is 0 Å². The molecule has 138 valence electrons. The molecule has 0 unspecified atom stereocenters. The van der Waals surface area contributed by atoms with E-state index in [4.69, 9.17) is 20.4 Å². The van der Waals surface area contributed by atoms with Crippen LogP contribution in [0, 0.1) is 0 Å². The lowest BCUT2D eigenvalue weighted by Crippen LogP contribution is -2.29. The number of hydrogen-bond donors (Lipinski definition) is 0. The number of furan rings is 1. The standard InChI is InChI=1S/C21H13ClN2O4/c22-12-6-7-16-14(10-12)19(25)17-18(15-5-1-2-8-23-15)24(21(26)20(17)28-16)11-13-4-3-9-27-13/h1-10,18H,11H2/t18-/m0/s1. The summed E-state index contributed by atoms with van der Waals surface area (Å²) in [5.74, 6) is 0.250. The summed E-state index contributed by atoms with van der Waals surface area (Å²) in [6, 6.07) is 13.0. The van der Waals surface area contributed by atoms with Gasteiger partial charge in [-0.3, -0.25) is 14.6 Å². The summed E-state index contributed by atoms with van der Waals surface area (Å²) in [7, 11) is 0. The zero-order chi connectivity index (χ0) is 19.3. The van der Waals surface area contributed by atoms with Gasteiger partial charge >= 0.3 is 0 Å². The molecule has 0 saturated carbocycles. The SMILES string of the molecule is O=C1c2oc3ccc(Cl)cc3c(=O)c2[C@H](c2ccccn2)N1Cc1ccco1. The summed E-state index contributed by atoms with van der Waals surface area (Å²) in [5.41, 5.74) is 0.880. The van der Waals surface area contributed by atoms with E-state index in [1.54, 1.807) is 54.9 Å². The molecule has 1 aromatic carbocycles. The van der Waals surface area contributed by atoms with Crippen molar-refractivity contribution >= 4 is 28.5 Å². The van der Waals surface area contributed by atoms with E-state index in [0.29, 0.717) is 27.4 Å². The predicted molar refractivity (Wildman–Crippen MR) is 102 cm³/mol. The van der Waals surface area contributed by atoms with Crippen LogP contribution >= 0.6 is 11.6 Å². The number of amides is 1. The highest BCUT2D eigenvalue weighted by Gasteiger charge is 2.43. The van der Waals surface area contributed by atoms with Gasteiger partial charge in [0.1, 0.15) is 17.4 Å². The Morgan fingerprint density at radius 1 is 1.11 bits per heavy atom. The van der Waals surface area contributed by atoms with Gasteiger partial charge in [0.05, 0.1) is 29.5 Å². The van der Waals surface area contributed by atoms with Crippen LogP contribution in [0.25, 0.3) is 11.0 Å². The molecule has 7 heteroatoms. The van der Waals surface area contributed by atoms with Crippen molar-refractivity contribution in [2.45, 2.75) is 12.6 Å². The van der Waals surface area contributed by atoms with Crippen molar-refractivity contribution in [3.8, 4) is 0 Å². The van der Waals surface area contributed by atoms with E-state index in [1.807, 2.05) is 6.07 Å². The van der Waals surface area contributed by atoms with Crippen LogP contribution < -0.4 is 5.43 Å². The molecular formula is C21H13ClN2O4. The lowest BCUT2D eigenvalue weighted by molar-refractivity contribution is 0.0699. The Labute approximate surface area is 164 Å². The summed E-state index contributed by atoms with van der Waals surface area (Å²) < 4.78 is 11.3. The second kappa shape index (κ2) is 6.35. The van der Waals surface area contributed by atoms with Crippen molar-refractivity contribution in [3.05, 3.63) is 99.0 Å². The molecule has 1 atom stereocenters. The summed E-state index contributed by atoms with van der Waals surface area (Å²) >= 11 is 6.06. The summed E-state index contributed by atoms with van der Waals surface area (Å²) in [6.45, 7) is 0.188. The normalized spacial score (nSPS) is 16.0. The molecule has 0 radical (unpaired) electrons. The van der Waals surface area contributed by atoms with Crippen molar-refractivity contribution in [1.29, 1.82) is 0 Å². The van der Waals surface area contributed by atoms with Gasteiger partial charge in [0.15, 0.2) is 5.43 Å². The number of aromatic nitrogens is 1. The van der Waals surface area contributed by atoms with E-state index in [9.17, 15) is 9.59 Å². The van der Waals surface area contributed by atoms with Gasteiger partial charge in [-0.25, -0.2) is 0 Å². The molecule has 5 rings (SSSR count). The Morgan fingerprint density at radius 3 is 2.75 bits per heavy atom. The highest BCUT2D eigenvalue weighted by atomic mass is 35.5. The van der Waals surface area contributed by atoms with Crippen LogP contribution in [0.1, 0.15) is 33.6 Å². The quantitative estimate of drug-likeness (QED) is 0.522. The zero-order valence-electron chi connectivity index (χ0n) is 14.5. The molecule has 3 aromatic heterocycles. The van der Waals surface area contributed by atoms with E-state index in [-0.39, 0.29) is 29.2 Å². The molecule has 1 aliphatic rings. The maximum Gasteiger partial charge on any atom is 0.291 e. The molecule has 1 aliphatic heterocycles. The van der Waals surface area contributed by atoms with Crippen molar-refractivity contribution in [3.63, 3.8) is 0 Å². The first-order valence-corrected chi connectivity index (χ1v) is 9.02. The molecule has 1 amide bonds. The minimum absolute atomic E-state index is 0.0297. The molecule has 0 spiro atoms. The first-order valence-electron chi connectivity index (χ1n) is 8.64. The first kappa shape index (κ1) is 16.8. The Balaban J connectivity index is 1.76. The van der Waals surface area contributed by atoms with Gasteiger partial charge in [-0.2, -0.15) is 0 Å². The van der Waals surface area contributed by atoms with Gasteiger partial charge in [-0.1, -0.05) is 17.7 Å². The van der Waals surface area contributed by atoms with Gasteiger partial charge in [0.25, 0.3) is 5.91 Å². The number of nitrogens with zero attached hydrogens (tertiary/aromatic N) is 2. The second-order valence-corrected chi connectivity index (χ2v) is 6.92. The molecule has 0 bridgehead atoms. The Morgan fingerprint density at radius 2 is 2.00 bits per heavy atom. The van der Waals surface area contributed by atoms with Crippen molar-refractivity contribution in [1.82, 2.24) is 9.88 Å². The number of benzene rings is 1. The topological polar surface area (TPSA) is 76.6 Å². The van der Waals surface area contributed by atoms with Crippen LogP contribution in [0.3, 0.4) is 0 Å². The molecule has 28 heavy (non-hydrogen) atoms. The number of fused-ring (bicyclic) bond motifs is 2. The molecule has 6 nitrogen and oxygen atoms in total. The van der Waals surface area contributed by atoms with Crippen LogP contribution in [-0.4, -0.2) is 15.8 Å². The van der Waals surface area contributed by atoms with Crippen LogP contribution in [-0.2, 0) is 6.54 Å². The Kier molecular flexibility index (Phi) is 3.80. The molecule has 0 aliphatic carbocycles. The number of pyridine rings is 1. The molecule has 0 N–H and O–H groups in total. The summed E-state index contributed by atoms with van der Waals surface area (Å²) in [6.07, 6.45) is 3.17. The van der Waals surface area contributed by atoms with Crippen LogP contribution in [0.5, 0.6) is 0 Å². The van der Waals surface area contributed by atoms with Gasteiger partial charge in [-0.05, 0) is 42.5 Å². The maximum absolute atomic E-state index is 13.3. The molecule has 0 saturated heterocycles. The zero-order valence-corrected chi connectivity index (χ0v) is 15.2.